The van der Waals surface area contributed by atoms with Crippen molar-refractivity contribution < 1.29 is 9.50 Å². The van der Waals surface area contributed by atoms with E-state index in [2.05, 4.69) is 18.9 Å². The van der Waals surface area contributed by atoms with E-state index in [1.165, 1.54) is 5.57 Å². The van der Waals surface area contributed by atoms with Gasteiger partial charge < -0.3 is 5.11 Å². The average Bonchev–Trinajstić information content (AvgIpc) is 2.79. The summed E-state index contributed by atoms with van der Waals surface area (Å²) in [5.74, 6) is 5.21. The number of hydrogen-bond acceptors (Lipinski definition) is 1. The molecule has 4 aliphatic carbocycles. The van der Waals surface area contributed by atoms with E-state index in [1.807, 2.05) is 0 Å². The molecule has 0 heterocycles. The Balaban J connectivity index is 1.64. The lowest BCUT2D eigenvalue weighted by Crippen LogP contribution is -2.51. The normalized spacial score (nSPS) is 53.7. The largest absolute Gasteiger partial charge is 0.377 e. The second-order valence-corrected chi connectivity index (χ2v) is 8.43. The molecule has 22 heavy (non-hydrogen) atoms. The lowest BCUT2D eigenvalue weighted by Gasteiger charge is -2.54. The van der Waals surface area contributed by atoms with Gasteiger partial charge in [-0.05, 0) is 75.0 Å². The fraction of sp³-hybridized carbons (Fsp3) is 0.800. The van der Waals surface area contributed by atoms with Crippen molar-refractivity contribution in [3.05, 3.63) is 11.6 Å². The molecular weight excluding hydrogens is 275 g/mol. The Hall–Kier alpha value is -0.810. The van der Waals surface area contributed by atoms with E-state index in [4.69, 9.17) is 6.42 Å². The maximum Gasteiger partial charge on any atom is 0.130 e. The Morgan fingerprint density at radius 3 is 2.82 bits per heavy atom. The first-order valence-electron chi connectivity index (χ1n) is 9.01. The zero-order chi connectivity index (χ0) is 15.5. The van der Waals surface area contributed by atoms with E-state index in [1.54, 1.807) is 0 Å². The van der Waals surface area contributed by atoms with Gasteiger partial charge in [-0.25, -0.2) is 4.39 Å². The van der Waals surface area contributed by atoms with Gasteiger partial charge in [0.2, 0.25) is 0 Å². The van der Waals surface area contributed by atoms with Crippen LogP contribution in [0.1, 0.15) is 58.3 Å². The monoisotopic (exact) mass is 302 g/mol. The molecule has 0 aliphatic heterocycles. The molecule has 1 N–H and O–H groups in total. The molecule has 0 spiro atoms. The van der Waals surface area contributed by atoms with E-state index in [0.29, 0.717) is 30.1 Å². The van der Waals surface area contributed by atoms with Crippen molar-refractivity contribution in [2.45, 2.75) is 70.1 Å². The predicted molar refractivity (Wildman–Crippen MR) is 85.8 cm³/mol. The van der Waals surface area contributed by atoms with Gasteiger partial charge in [-0.1, -0.05) is 24.5 Å². The minimum atomic E-state index is -0.913. The number of alkyl halides is 1. The van der Waals surface area contributed by atoms with Gasteiger partial charge in [0.25, 0.3) is 0 Å². The Morgan fingerprint density at radius 2 is 2.05 bits per heavy atom. The van der Waals surface area contributed by atoms with Crippen LogP contribution in [0, 0.1) is 41.4 Å². The molecule has 0 radical (unpaired) electrons. The maximum absolute atomic E-state index is 13.7. The summed E-state index contributed by atoms with van der Waals surface area (Å²) in [4.78, 5) is 0. The summed E-state index contributed by atoms with van der Waals surface area (Å²) in [6, 6.07) is 0. The highest BCUT2D eigenvalue weighted by atomic mass is 19.1. The summed E-state index contributed by atoms with van der Waals surface area (Å²) in [6.07, 6.45) is 14.9. The van der Waals surface area contributed by atoms with E-state index in [0.717, 1.165) is 44.9 Å². The molecule has 120 valence electrons. The SMILES string of the molecule is C#C[C@]1(O)CCC2C3CC=C4CC(F)CCC4C3CC[C@@]21C. The molecule has 0 aromatic carbocycles. The van der Waals surface area contributed by atoms with Crippen molar-refractivity contribution in [1.29, 1.82) is 0 Å². The fourth-order valence-corrected chi connectivity index (χ4v) is 6.47. The van der Waals surface area contributed by atoms with Gasteiger partial charge in [0.1, 0.15) is 11.8 Å². The Labute approximate surface area is 133 Å². The maximum atomic E-state index is 13.7. The predicted octanol–water partition coefficient (Wildman–Crippen LogP) is 4.26. The molecular formula is C20H27FO. The minimum Gasteiger partial charge on any atom is -0.377 e. The lowest BCUT2D eigenvalue weighted by molar-refractivity contribution is -0.0820. The van der Waals surface area contributed by atoms with Crippen molar-refractivity contribution in [2.24, 2.45) is 29.1 Å². The van der Waals surface area contributed by atoms with Crippen molar-refractivity contribution >= 4 is 0 Å². The van der Waals surface area contributed by atoms with Crippen LogP contribution in [-0.4, -0.2) is 16.9 Å². The fourth-order valence-electron chi connectivity index (χ4n) is 6.47. The second-order valence-electron chi connectivity index (χ2n) is 8.43. The highest BCUT2D eigenvalue weighted by molar-refractivity contribution is 5.26. The number of rotatable bonds is 0. The van der Waals surface area contributed by atoms with Crippen LogP contribution < -0.4 is 0 Å². The first kappa shape index (κ1) is 14.8. The van der Waals surface area contributed by atoms with Gasteiger partial charge in [0.15, 0.2) is 0 Å². The standard InChI is InChI=1S/C20H27FO/c1-3-20(22)11-9-18-17-6-4-13-12-14(21)5-7-15(13)16(17)8-10-19(18,20)2/h1,4,14-18,22H,5-12H2,2H3/t14?,15?,16?,17?,18?,19-,20-/m0/s1. The van der Waals surface area contributed by atoms with Crippen LogP contribution in [0.3, 0.4) is 0 Å². The van der Waals surface area contributed by atoms with Crippen molar-refractivity contribution in [3.63, 3.8) is 0 Å². The molecule has 4 aliphatic rings. The molecule has 3 fully saturated rings. The molecule has 0 bridgehead atoms. The Morgan fingerprint density at radius 1 is 1.23 bits per heavy atom. The summed E-state index contributed by atoms with van der Waals surface area (Å²) in [5.41, 5.74) is 0.364. The van der Waals surface area contributed by atoms with E-state index in [-0.39, 0.29) is 5.41 Å². The van der Waals surface area contributed by atoms with E-state index >= 15 is 0 Å². The number of terminal acetylenes is 1. The molecule has 3 saturated carbocycles. The van der Waals surface area contributed by atoms with Gasteiger partial charge in [0.05, 0.1) is 0 Å². The van der Waals surface area contributed by atoms with Crippen LogP contribution >= 0.6 is 0 Å². The summed E-state index contributed by atoms with van der Waals surface area (Å²) >= 11 is 0. The second kappa shape index (κ2) is 4.84. The smallest absolute Gasteiger partial charge is 0.130 e. The minimum absolute atomic E-state index is 0.119. The van der Waals surface area contributed by atoms with E-state index in [9.17, 15) is 9.50 Å². The molecule has 7 atom stereocenters. The Kier molecular flexibility index (Phi) is 3.25. The Bertz CT molecular complexity index is 546. The summed E-state index contributed by atoms with van der Waals surface area (Å²) < 4.78 is 13.7. The van der Waals surface area contributed by atoms with Crippen molar-refractivity contribution in [2.75, 3.05) is 0 Å². The molecule has 5 unspecified atom stereocenters. The molecule has 2 heteroatoms. The molecule has 1 nitrogen and oxygen atoms in total. The molecule has 0 aromatic heterocycles. The zero-order valence-electron chi connectivity index (χ0n) is 13.5. The van der Waals surface area contributed by atoms with Gasteiger partial charge >= 0.3 is 0 Å². The number of aliphatic hydroxyl groups is 1. The highest BCUT2D eigenvalue weighted by Gasteiger charge is 2.61. The van der Waals surface area contributed by atoms with Gasteiger partial charge in [0, 0.05) is 5.41 Å². The summed E-state index contributed by atoms with van der Waals surface area (Å²) in [7, 11) is 0. The first-order valence-corrected chi connectivity index (χ1v) is 9.01. The average molecular weight is 302 g/mol. The van der Waals surface area contributed by atoms with Crippen LogP contribution in [0.5, 0.6) is 0 Å². The third-order valence-corrected chi connectivity index (χ3v) is 7.78. The number of hydrogen-bond donors (Lipinski definition) is 1. The number of allylic oxidation sites excluding steroid dienone is 2. The summed E-state index contributed by atoms with van der Waals surface area (Å²) in [5, 5.41) is 10.9. The van der Waals surface area contributed by atoms with Crippen molar-refractivity contribution in [3.8, 4) is 12.3 Å². The van der Waals surface area contributed by atoms with Crippen LogP contribution in [0.25, 0.3) is 0 Å². The van der Waals surface area contributed by atoms with Gasteiger partial charge in [-0.2, -0.15) is 0 Å². The quantitative estimate of drug-likeness (QED) is 0.523. The number of halogens is 1. The topological polar surface area (TPSA) is 20.2 Å². The van der Waals surface area contributed by atoms with E-state index < -0.39 is 11.8 Å². The third kappa shape index (κ3) is 1.81. The number of fused-ring (bicyclic) bond motifs is 5. The van der Waals surface area contributed by atoms with Crippen LogP contribution in [0.15, 0.2) is 11.6 Å². The molecule has 0 saturated heterocycles. The molecule has 4 rings (SSSR count). The van der Waals surface area contributed by atoms with Gasteiger partial charge in [-0.15, -0.1) is 6.42 Å². The van der Waals surface area contributed by atoms with Gasteiger partial charge in [-0.3, -0.25) is 0 Å². The molecule has 0 amide bonds. The highest BCUT2D eigenvalue weighted by Crippen LogP contribution is 2.64. The van der Waals surface area contributed by atoms with Crippen LogP contribution in [-0.2, 0) is 0 Å². The lowest BCUT2D eigenvalue weighted by atomic mass is 9.51. The van der Waals surface area contributed by atoms with Crippen LogP contribution in [0.4, 0.5) is 4.39 Å². The third-order valence-electron chi connectivity index (χ3n) is 7.78. The summed E-state index contributed by atoms with van der Waals surface area (Å²) in [6.45, 7) is 2.22. The molecule has 0 aromatic rings. The van der Waals surface area contributed by atoms with Crippen molar-refractivity contribution in [1.82, 2.24) is 0 Å². The first-order chi connectivity index (χ1) is 10.5. The zero-order valence-corrected chi connectivity index (χ0v) is 13.5. The van der Waals surface area contributed by atoms with Crippen LogP contribution in [0.2, 0.25) is 0 Å².